The zero-order chi connectivity index (χ0) is 20.0. The van der Waals surface area contributed by atoms with Gasteiger partial charge in [0.15, 0.2) is 0 Å². The van der Waals surface area contributed by atoms with E-state index in [1.54, 1.807) is 4.31 Å². The van der Waals surface area contributed by atoms with E-state index in [0.29, 0.717) is 13.1 Å². The number of nitrogens with zero attached hydrogens (tertiary/aromatic N) is 1. The number of halogens is 1. The molecule has 148 valence electrons. The molecule has 5 rings (SSSR count). The maximum Gasteiger partial charge on any atom is 0.243 e. The molecular weight excluding hydrogens is 387 g/mol. The molecule has 0 aromatic heterocycles. The van der Waals surface area contributed by atoms with E-state index < -0.39 is 15.8 Å². The lowest BCUT2D eigenvalue weighted by Gasteiger charge is -2.57. The molecule has 0 aliphatic carbocycles. The van der Waals surface area contributed by atoms with Crippen LogP contribution in [0.25, 0.3) is 11.1 Å². The fourth-order valence-electron chi connectivity index (χ4n) is 4.59. The largest absolute Gasteiger partial charge is 0.313 e. The lowest BCUT2D eigenvalue weighted by atomic mass is 9.74. The average Bonchev–Trinajstić information content (AvgIpc) is 2.75. The van der Waals surface area contributed by atoms with Crippen LogP contribution in [0.2, 0.25) is 0 Å². The average molecular weight is 408 g/mol. The molecule has 2 aliphatic rings. The van der Waals surface area contributed by atoms with Gasteiger partial charge in [-0.3, -0.25) is 0 Å². The zero-order valence-corrected chi connectivity index (χ0v) is 16.5. The van der Waals surface area contributed by atoms with Crippen LogP contribution in [-0.4, -0.2) is 37.9 Å². The molecule has 2 bridgehead atoms. The highest BCUT2D eigenvalue weighted by Crippen LogP contribution is 2.46. The first kappa shape index (κ1) is 18.5. The van der Waals surface area contributed by atoms with Crippen molar-refractivity contribution in [1.29, 1.82) is 0 Å². The zero-order valence-electron chi connectivity index (χ0n) is 15.7. The van der Waals surface area contributed by atoms with E-state index in [0.717, 1.165) is 16.7 Å². The molecule has 6 heteroatoms. The highest BCUT2D eigenvalue weighted by molar-refractivity contribution is 7.89. The van der Waals surface area contributed by atoms with Crippen molar-refractivity contribution in [1.82, 2.24) is 9.62 Å². The molecule has 1 unspecified atom stereocenters. The van der Waals surface area contributed by atoms with Crippen LogP contribution in [0.3, 0.4) is 0 Å². The Morgan fingerprint density at radius 2 is 1.38 bits per heavy atom. The number of sulfonamides is 1. The molecule has 2 aliphatic heterocycles. The van der Waals surface area contributed by atoms with Gasteiger partial charge in [0.2, 0.25) is 10.0 Å². The summed E-state index contributed by atoms with van der Waals surface area (Å²) in [4.78, 5) is 0.147. The van der Waals surface area contributed by atoms with E-state index in [2.05, 4.69) is 41.7 Å². The minimum Gasteiger partial charge on any atom is -0.313 e. The molecular formula is C23H21FN2O2S. The number of piperazine rings is 1. The topological polar surface area (TPSA) is 49.4 Å². The van der Waals surface area contributed by atoms with Gasteiger partial charge in [0.1, 0.15) is 5.82 Å². The third-order valence-electron chi connectivity index (χ3n) is 5.98. The van der Waals surface area contributed by atoms with Crippen molar-refractivity contribution in [3.63, 3.8) is 0 Å². The number of piperidine rings is 1. The fourth-order valence-corrected chi connectivity index (χ4v) is 6.44. The fraction of sp³-hybridized carbons (Fsp3) is 0.217. The second kappa shape index (κ2) is 7.06. The van der Waals surface area contributed by atoms with Gasteiger partial charge in [-0.25, -0.2) is 12.8 Å². The molecule has 0 radical (unpaired) electrons. The smallest absolute Gasteiger partial charge is 0.243 e. The van der Waals surface area contributed by atoms with Crippen LogP contribution in [0, 0.1) is 5.82 Å². The predicted molar refractivity (Wildman–Crippen MR) is 110 cm³/mol. The standard InChI is InChI=1S/C23H21FN2O2S/c24-19-10-12-20(13-11-19)29(27,28)26-21-14-25-15-22(26)23(21)18-8-6-17(7-9-18)16-4-2-1-3-5-16/h1-13,21-23,25H,14-15H2/t21-,22+,23?. The number of benzene rings is 3. The van der Waals surface area contributed by atoms with E-state index in [-0.39, 0.29) is 22.9 Å². The minimum absolute atomic E-state index is 0.133. The Kier molecular flexibility index (Phi) is 4.50. The number of fused-ring (bicyclic) bond motifs is 2. The summed E-state index contributed by atoms with van der Waals surface area (Å²) in [6.07, 6.45) is 0. The normalized spacial score (nSPS) is 24.1. The first-order valence-corrected chi connectivity index (χ1v) is 11.1. The molecule has 2 saturated heterocycles. The molecule has 3 aromatic rings. The summed E-state index contributed by atoms with van der Waals surface area (Å²) in [7, 11) is -3.64. The molecule has 3 atom stereocenters. The molecule has 0 saturated carbocycles. The monoisotopic (exact) mass is 408 g/mol. The Morgan fingerprint density at radius 3 is 2.00 bits per heavy atom. The van der Waals surface area contributed by atoms with E-state index in [9.17, 15) is 12.8 Å². The van der Waals surface area contributed by atoms with E-state index in [1.807, 2.05) is 18.2 Å². The summed E-state index contributed by atoms with van der Waals surface area (Å²) in [6, 6.07) is 23.4. The first-order valence-electron chi connectivity index (χ1n) is 9.71. The van der Waals surface area contributed by atoms with Crippen LogP contribution in [0.5, 0.6) is 0 Å². The Labute approximate surface area is 170 Å². The minimum atomic E-state index is -3.64. The molecule has 3 aromatic carbocycles. The van der Waals surface area contributed by atoms with Crippen LogP contribution in [0.4, 0.5) is 4.39 Å². The van der Waals surface area contributed by atoms with Gasteiger partial charge in [0, 0.05) is 31.1 Å². The third-order valence-corrected chi connectivity index (χ3v) is 7.95. The van der Waals surface area contributed by atoms with Crippen molar-refractivity contribution in [2.45, 2.75) is 22.9 Å². The van der Waals surface area contributed by atoms with Crippen molar-refractivity contribution in [2.24, 2.45) is 0 Å². The maximum absolute atomic E-state index is 13.2. The molecule has 4 nitrogen and oxygen atoms in total. The van der Waals surface area contributed by atoms with Gasteiger partial charge in [0.25, 0.3) is 0 Å². The second-order valence-corrected chi connectivity index (χ2v) is 9.44. The van der Waals surface area contributed by atoms with Gasteiger partial charge in [0.05, 0.1) is 4.90 Å². The second-order valence-electron chi connectivity index (χ2n) is 7.60. The molecule has 29 heavy (non-hydrogen) atoms. The number of hydrogen-bond donors (Lipinski definition) is 1. The summed E-state index contributed by atoms with van der Waals surface area (Å²) in [6.45, 7) is 1.23. The predicted octanol–water partition coefficient (Wildman–Crippen LogP) is 3.62. The van der Waals surface area contributed by atoms with Gasteiger partial charge in [-0.05, 0) is 41.0 Å². The summed E-state index contributed by atoms with van der Waals surface area (Å²) in [5, 5.41) is 3.32. The van der Waals surface area contributed by atoms with Crippen molar-refractivity contribution in [3.8, 4) is 11.1 Å². The number of hydrogen-bond acceptors (Lipinski definition) is 3. The molecule has 2 heterocycles. The maximum atomic E-state index is 13.2. The summed E-state index contributed by atoms with van der Waals surface area (Å²) >= 11 is 0. The van der Waals surface area contributed by atoms with Gasteiger partial charge in [-0.15, -0.1) is 0 Å². The summed E-state index contributed by atoms with van der Waals surface area (Å²) in [5.74, 6) is -0.276. The molecule has 1 N–H and O–H groups in total. The van der Waals surface area contributed by atoms with Gasteiger partial charge >= 0.3 is 0 Å². The van der Waals surface area contributed by atoms with Crippen molar-refractivity contribution >= 4 is 10.0 Å². The van der Waals surface area contributed by atoms with Gasteiger partial charge in [-0.1, -0.05) is 54.6 Å². The van der Waals surface area contributed by atoms with Crippen LogP contribution in [-0.2, 0) is 10.0 Å². The third kappa shape index (κ3) is 3.08. The van der Waals surface area contributed by atoms with Gasteiger partial charge < -0.3 is 5.32 Å². The van der Waals surface area contributed by atoms with Gasteiger partial charge in [-0.2, -0.15) is 4.31 Å². The highest BCUT2D eigenvalue weighted by Gasteiger charge is 2.56. The first-order chi connectivity index (χ1) is 14.1. The molecule has 0 amide bonds. The van der Waals surface area contributed by atoms with E-state index in [4.69, 9.17) is 0 Å². The Hall–Kier alpha value is -2.54. The van der Waals surface area contributed by atoms with E-state index in [1.165, 1.54) is 24.3 Å². The quantitative estimate of drug-likeness (QED) is 0.717. The van der Waals surface area contributed by atoms with Crippen LogP contribution in [0.1, 0.15) is 11.5 Å². The molecule has 2 fully saturated rings. The van der Waals surface area contributed by atoms with Crippen molar-refractivity contribution in [3.05, 3.63) is 90.2 Å². The lowest BCUT2D eigenvalue weighted by Crippen LogP contribution is -2.73. The number of nitrogens with one attached hydrogen (secondary N) is 1. The van der Waals surface area contributed by atoms with Crippen molar-refractivity contribution in [2.75, 3.05) is 13.1 Å². The van der Waals surface area contributed by atoms with Crippen molar-refractivity contribution < 1.29 is 12.8 Å². The Bertz CT molecular complexity index is 1100. The summed E-state index contributed by atoms with van der Waals surface area (Å²) in [5.41, 5.74) is 3.47. The number of rotatable bonds is 4. The summed E-state index contributed by atoms with van der Waals surface area (Å²) < 4.78 is 41.1. The van der Waals surface area contributed by atoms with E-state index >= 15 is 0 Å². The van der Waals surface area contributed by atoms with Crippen LogP contribution in [0.15, 0.2) is 83.8 Å². The van der Waals surface area contributed by atoms with Crippen LogP contribution < -0.4 is 5.32 Å². The van der Waals surface area contributed by atoms with Crippen LogP contribution >= 0.6 is 0 Å². The molecule has 0 spiro atoms. The highest BCUT2D eigenvalue weighted by atomic mass is 32.2. The Balaban J connectivity index is 1.42. The lowest BCUT2D eigenvalue weighted by molar-refractivity contribution is 0.0370. The Morgan fingerprint density at radius 1 is 0.793 bits per heavy atom. The SMILES string of the molecule is O=S(=O)(c1ccc(F)cc1)N1[C@@H]2CNC[C@H]1C2c1ccc(-c2ccccc2)cc1.